The number of aromatic nitrogens is 1. The fraction of sp³-hybridized carbons (Fsp3) is 0.750. The number of nitrogens with zero attached hydrogens (tertiary/aromatic N) is 2. The molecule has 1 aliphatic heterocycles. The molecular weight excluding hydrogens is 218 g/mol. The lowest BCUT2D eigenvalue weighted by Gasteiger charge is -2.41. The zero-order valence-corrected chi connectivity index (χ0v) is 10.2. The fourth-order valence-electron chi connectivity index (χ4n) is 3.06. The van der Waals surface area contributed by atoms with Crippen LogP contribution in [0.3, 0.4) is 0 Å². The first-order valence-electron chi connectivity index (χ1n) is 6.19. The molecule has 1 aromatic rings. The Hall–Kier alpha value is -1.07. The third-order valence-corrected chi connectivity index (χ3v) is 4.26. The molecule has 17 heavy (non-hydrogen) atoms. The molecule has 1 aliphatic carbocycles. The van der Waals surface area contributed by atoms with Crippen LogP contribution in [0.1, 0.15) is 25.0 Å². The van der Waals surface area contributed by atoms with E-state index in [-0.39, 0.29) is 0 Å². The summed E-state index contributed by atoms with van der Waals surface area (Å²) in [7, 11) is 1.59. The van der Waals surface area contributed by atoms with E-state index < -0.39 is 0 Å². The Morgan fingerprint density at radius 3 is 3.00 bits per heavy atom. The minimum atomic E-state index is 0.320. The molecule has 0 aromatic carbocycles. The van der Waals surface area contributed by atoms with Gasteiger partial charge < -0.3 is 15.0 Å². The van der Waals surface area contributed by atoms with Gasteiger partial charge in [0.05, 0.1) is 13.7 Å². The molecule has 0 radical (unpaired) electrons. The summed E-state index contributed by atoms with van der Waals surface area (Å²) in [6.45, 7) is 2.84. The van der Waals surface area contributed by atoms with E-state index in [2.05, 4.69) is 10.1 Å². The van der Waals surface area contributed by atoms with Gasteiger partial charge in [0.1, 0.15) is 0 Å². The minimum absolute atomic E-state index is 0.320. The average molecular weight is 237 g/mol. The van der Waals surface area contributed by atoms with E-state index in [1.54, 1.807) is 7.11 Å². The topological polar surface area (TPSA) is 64.5 Å². The second kappa shape index (κ2) is 3.99. The van der Waals surface area contributed by atoms with Gasteiger partial charge in [-0.25, -0.2) is 0 Å². The van der Waals surface area contributed by atoms with Crippen LogP contribution in [-0.4, -0.2) is 36.3 Å². The summed E-state index contributed by atoms with van der Waals surface area (Å²) in [5, 5.41) is 3.81. The molecule has 5 heteroatoms. The molecule has 0 amide bonds. The second-order valence-electron chi connectivity index (χ2n) is 5.33. The van der Waals surface area contributed by atoms with Crippen molar-refractivity contribution < 1.29 is 9.26 Å². The van der Waals surface area contributed by atoms with Crippen LogP contribution in [0.4, 0.5) is 0 Å². The maximum atomic E-state index is 6.24. The van der Waals surface area contributed by atoms with Gasteiger partial charge in [-0.15, -0.1) is 0 Å². The van der Waals surface area contributed by atoms with Crippen molar-refractivity contribution in [2.75, 3.05) is 20.2 Å². The standard InChI is InChI=1S/C12H19N3O2/c1-16-11-5-9(17-14-11)6-15-7-10(13)12(8-15)3-2-4-12/h5,10H,2-4,6-8,13H2,1H3. The summed E-state index contributed by atoms with van der Waals surface area (Å²) in [5.74, 6) is 1.40. The zero-order valence-electron chi connectivity index (χ0n) is 10.2. The Bertz CT molecular complexity index is 400. The van der Waals surface area contributed by atoms with E-state index >= 15 is 0 Å². The number of likely N-dealkylation sites (tertiary alicyclic amines) is 1. The van der Waals surface area contributed by atoms with E-state index in [1.807, 2.05) is 6.07 Å². The third-order valence-electron chi connectivity index (χ3n) is 4.26. The Morgan fingerprint density at radius 1 is 1.65 bits per heavy atom. The first-order valence-corrected chi connectivity index (χ1v) is 6.19. The average Bonchev–Trinajstić information content (AvgIpc) is 2.82. The maximum absolute atomic E-state index is 6.24. The first kappa shape index (κ1) is 11.0. The molecule has 1 saturated heterocycles. The molecule has 1 unspecified atom stereocenters. The Kier molecular flexibility index (Phi) is 2.60. The van der Waals surface area contributed by atoms with Crippen molar-refractivity contribution in [1.29, 1.82) is 0 Å². The van der Waals surface area contributed by atoms with Gasteiger partial charge in [-0.1, -0.05) is 6.42 Å². The van der Waals surface area contributed by atoms with Gasteiger partial charge in [0.25, 0.3) is 5.88 Å². The van der Waals surface area contributed by atoms with Crippen molar-refractivity contribution in [2.45, 2.75) is 31.8 Å². The lowest BCUT2D eigenvalue weighted by molar-refractivity contribution is 0.119. The quantitative estimate of drug-likeness (QED) is 0.849. The van der Waals surface area contributed by atoms with E-state index in [4.69, 9.17) is 15.0 Å². The van der Waals surface area contributed by atoms with Crippen molar-refractivity contribution in [3.8, 4) is 5.88 Å². The van der Waals surface area contributed by atoms with Gasteiger partial charge in [-0.3, -0.25) is 4.90 Å². The highest BCUT2D eigenvalue weighted by Gasteiger charge is 2.48. The highest BCUT2D eigenvalue weighted by atomic mass is 16.5. The van der Waals surface area contributed by atoms with Crippen molar-refractivity contribution >= 4 is 0 Å². The SMILES string of the molecule is COc1cc(CN2CC(N)C3(CCC3)C2)on1. The van der Waals surface area contributed by atoms with E-state index in [9.17, 15) is 0 Å². The lowest BCUT2D eigenvalue weighted by atomic mass is 9.66. The second-order valence-corrected chi connectivity index (χ2v) is 5.33. The molecule has 2 aliphatic rings. The molecule has 1 aromatic heterocycles. The van der Waals surface area contributed by atoms with Crippen LogP contribution >= 0.6 is 0 Å². The number of nitrogens with two attached hydrogens (primary N) is 1. The summed E-state index contributed by atoms with van der Waals surface area (Å²) in [6, 6.07) is 2.16. The summed E-state index contributed by atoms with van der Waals surface area (Å²) in [5.41, 5.74) is 6.63. The Morgan fingerprint density at radius 2 is 2.47 bits per heavy atom. The number of ether oxygens (including phenoxy) is 1. The largest absolute Gasteiger partial charge is 0.479 e. The summed E-state index contributed by atoms with van der Waals surface area (Å²) in [4.78, 5) is 2.36. The molecule has 0 bridgehead atoms. The summed E-state index contributed by atoms with van der Waals surface area (Å²) in [6.07, 6.45) is 3.90. The van der Waals surface area contributed by atoms with Crippen LogP contribution in [0.5, 0.6) is 5.88 Å². The van der Waals surface area contributed by atoms with Crippen LogP contribution in [0.25, 0.3) is 0 Å². The van der Waals surface area contributed by atoms with Crippen molar-refractivity contribution in [1.82, 2.24) is 10.1 Å². The van der Waals surface area contributed by atoms with Crippen LogP contribution in [0, 0.1) is 5.41 Å². The van der Waals surface area contributed by atoms with Crippen molar-refractivity contribution in [3.05, 3.63) is 11.8 Å². The molecule has 3 rings (SSSR count). The van der Waals surface area contributed by atoms with Gasteiger partial charge in [0.2, 0.25) is 0 Å². The minimum Gasteiger partial charge on any atom is -0.479 e. The van der Waals surface area contributed by atoms with Crippen LogP contribution in [-0.2, 0) is 6.54 Å². The van der Waals surface area contributed by atoms with Gasteiger partial charge in [0, 0.05) is 25.2 Å². The number of methoxy groups -OCH3 is 1. The van der Waals surface area contributed by atoms with Gasteiger partial charge in [0.15, 0.2) is 5.76 Å². The molecule has 2 fully saturated rings. The molecule has 5 nitrogen and oxygen atoms in total. The zero-order chi connectivity index (χ0) is 11.9. The highest BCUT2D eigenvalue weighted by Crippen LogP contribution is 2.47. The van der Waals surface area contributed by atoms with E-state index in [0.717, 1.165) is 25.4 Å². The number of rotatable bonds is 3. The molecule has 1 spiro atoms. The predicted octanol–water partition coefficient (Wildman–Crippen LogP) is 0.996. The molecule has 2 heterocycles. The van der Waals surface area contributed by atoms with Crippen LogP contribution < -0.4 is 10.5 Å². The monoisotopic (exact) mass is 237 g/mol. The first-order chi connectivity index (χ1) is 8.22. The molecular formula is C12H19N3O2. The number of hydrogen-bond donors (Lipinski definition) is 1. The van der Waals surface area contributed by atoms with Crippen molar-refractivity contribution in [3.63, 3.8) is 0 Å². The van der Waals surface area contributed by atoms with Crippen LogP contribution in [0.15, 0.2) is 10.6 Å². The van der Waals surface area contributed by atoms with E-state index in [1.165, 1.54) is 19.3 Å². The molecule has 1 saturated carbocycles. The maximum Gasteiger partial charge on any atom is 0.254 e. The lowest BCUT2D eigenvalue weighted by Crippen LogP contribution is -2.45. The fourth-order valence-corrected chi connectivity index (χ4v) is 3.06. The van der Waals surface area contributed by atoms with Gasteiger partial charge >= 0.3 is 0 Å². The summed E-state index contributed by atoms with van der Waals surface area (Å²) >= 11 is 0. The predicted molar refractivity (Wildman–Crippen MR) is 62.6 cm³/mol. The third kappa shape index (κ3) is 1.83. The molecule has 94 valence electrons. The summed E-state index contributed by atoms with van der Waals surface area (Å²) < 4.78 is 10.2. The van der Waals surface area contributed by atoms with Gasteiger partial charge in [-0.05, 0) is 23.4 Å². The number of hydrogen-bond acceptors (Lipinski definition) is 5. The Balaban J connectivity index is 1.63. The van der Waals surface area contributed by atoms with Crippen LogP contribution in [0.2, 0.25) is 0 Å². The molecule has 1 atom stereocenters. The normalized spacial score (nSPS) is 27.3. The highest BCUT2D eigenvalue weighted by molar-refractivity contribution is 5.12. The van der Waals surface area contributed by atoms with Crippen molar-refractivity contribution in [2.24, 2.45) is 11.1 Å². The Labute approximate surface area is 101 Å². The van der Waals surface area contributed by atoms with E-state index in [0.29, 0.717) is 17.3 Å². The smallest absolute Gasteiger partial charge is 0.254 e. The molecule has 2 N–H and O–H groups in total. The van der Waals surface area contributed by atoms with Gasteiger partial charge in [-0.2, -0.15) is 0 Å².